The lowest BCUT2D eigenvalue weighted by Crippen LogP contribution is -2.07. The second kappa shape index (κ2) is 5.26. The summed E-state index contributed by atoms with van der Waals surface area (Å²) >= 11 is 2.13. The molecule has 6 heteroatoms. The Bertz CT molecular complexity index is 525. The average Bonchev–Trinajstić information content (AvgIpc) is 2.69. The second-order valence-corrected chi connectivity index (χ2v) is 4.48. The Morgan fingerprint density at radius 3 is 2.71 bits per heavy atom. The Kier molecular flexibility index (Phi) is 3.72. The molecule has 0 amide bonds. The van der Waals surface area contributed by atoms with Crippen LogP contribution in [0.5, 0.6) is 0 Å². The SMILES string of the molecule is O=C(O)CCn1nnc(-c2ccccc2)c1I. The van der Waals surface area contributed by atoms with Gasteiger partial charge in [-0.15, -0.1) is 5.10 Å². The minimum absolute atomic E-state index is 0.0492. The van der Waals surface area contributed by atoms with E-state index in [1.807, 2.05) is 30.3 Å². The van der Waals surface area contributed by atoms with Crippen LogP contribution in [0.2, 0.25) is 0 Å². The van der Waals surface area contributed by atoms with Gasteiger partial charge in [0.05, 0.1) is 13.0 Å². The Morgan fingerprint density at radius 2 is 2.06 bits per heavy atom. The molecule has 1 aromatic heterocycles. The average molecular weight is 343 g/mol. The fourth-order valence-corrected chi connectivity index (χ4v) is 2.18. The summed E-state index contributed by atoms with van der Waals surface area (Å²) in [6, 6.07) is 9.70. The van der Waals surface area contributed by atoms with E-state index in [0.29, 0.717) is 6.54 Å². The first-order chi connectivity index (χ1) is 8.18. The second-order valence-electron chi connectivity index (χ2n) is 3.46. The number of carbonyl (C=O) groups is 1. The summed E-state index contributed by atoms with van der Waals surface area (Å²) in [6.45, 7) is 0.341. The number of rotatable bonds is 4. The third kappa shape index (κ3) is 2.82. The lowest BCUT2D eigenvalue weighted by molar-refractivity contribution is -0.137. The van der Waals surface area contributed by atoms with Crippen LogP contribution in [0.15, 0.2) is 30.3 Å². The van der Waals surface area contributed by atoms with Gasteiger partial charge in [-0.3, -0.25) is 4.79 Å². The first-order valence-corrected chi connectivity index (χ1v) is 6.12. The van der Waals surface area contributed by atoms with Crippen molar-refractivity contribution in [3.63, 3.8) is 0 Å². The van der Waals surface area contributed by atoms with Gasteiger partial charge in [-0.1, -0.05) is 35.5 Å². The van der Waals surface area contributed by atoms with E-state index in [1.165, 1.54) is 0 Å². The van der Waals surface area contributed by atoms with Crippen LogP contribution in [-0.4, -0.2) is 26.1 Å². The zero-order chi connectivity index (χ0) is 12.3. The zero-order valence-electron chi connectivity index (χ0n) is 8.88. The first-order valence-electron chi connectivity index (χ1n) is 5.04. The first kappa shape index (κ1) is 12.0. The highest BCUT2D eigenvalue weighted by Gasteiger charge is 2.12. The van der Waals surface area contributed by atoms with Crippen molar-refractivity contribution < 1.29 is 9.90 Å². The summed E-state index contributed by atoms with van der Waals surface area (Å²) in [5, 5.41) is 16.7. The van der Waals surface area contributed by atoms with Crippen molar-refractivity contribution in [1.82, 2.24) is 15.0 Å². The molecule has 0 atom stereocenters. The van der Waals surface area contributed by atoms with Gasteiger partial charge in [0, 0.05) is 5.56 Å². The van der Waals surface area contributed by atoms with Gasteiger partial charge in [-0.05, 0) is 22.6 Å². The number of carboxylic acids is 1. The number of hydrogen-bond acceptors (Lipinski definition) is 3. The van der Waals surface area contributed by atoms with Crippen LogP contribution in [-0.2, 0) is 11.3 Å². The molecule has 0 aliphatic rings. The fourth-order valence-electron chi connectivity index (χ4n) is 1.42. The lowest BCUT2D eigenvalue weighted by atomic mass is 10.2. The summed E-state index contributed by atoms with van der Waals surface area (Å²) in [6.07, 6.45) is 0.0492. The summed E-state index contributed by atoms with van der Waals surface area (Å²) in [4.78, 5) is 10.5. The van der Waals surface area contributed by atoms with E-state index in [4.69, 9.17) is 5.11 Å². The molecule has 0 saturated carbocycles. The normalized spacial score (nSPS) is 10.4. The summed E-state index contributed by atoms with van der Waals surface area (Å²) in [5.41, 5.74) is 1.77. The number of aliphatic carboxylic acids is 1. The van der Waals surface area contributed by atoms with Crippen molar-refractivity contribution in [2.24, 2.45) is 0 Å². The molecular formula is C11H10IN3O2. The highest BCUT2D eigenvalue weighted by Crippen LogP contribution is 2.22. The van der Waals surface area contributed by atoms with Crippen LogP contribution in [0.1, 0.15) is 6.42 Å². The van der Waals surface area contributed by atoms with Gasteiger partial charge in [-0.2, -0.15) is 0 Å². The highest BCUT2D eigenvalue weighted by molar-refractivity contribution is 14.1. The van der Waals surface area contributed by atoms with Crippen molar-refractivity contribution >= 4 is 28.6 Å². The molecule has 0 saturated heterocycles. The van der Waals surface area contributed by atoms with Gasteiger partial charge in [0.1, 0.15) is 9.39 Å². The Hall–Kier alpha value is -1.44. The Morgan fingerprint density at radius 1 is 1.35 bits per heavy atom. The number of benzene rings is 1. The predicted molar refractivity (Wildman–Crippen MR) is 70.4 cm³/mol. The maximum Gasteiger partial charge on any atom is 0.305 e. The van der Waals surface area contributed by atoms with Crippen LogP contribution < -0.4 is 0 Å². The monoisotopic (exact) mass is 343 g/mol. The predicted octanol–water partition coefficient (Wildman–Crippen LogP) is 2.02. The molecule has 1 aromatic carbocycles. The fraction of sp³-hybridized carbons (Fsp3) is 0.182. The number of aromatic nitrogens is 3. The van der Waals surface area contributed by atoms with Crippen molar-refractivity contribution in [3.8, 4) is 11.3 Å². The summed E-state index contributed by atoms with van der Waals surface area (Å²) in [5.74, 6) is -0.836. The van der Waals surface area contributed by atoms with Gasteiger partial charge >= 0.3 is 5.97 Å². The minimum atomic E-state index is -0.836. The van der Waals surface area contributed by atoms with Gasteiger partial charge in [0.2, 0.25) is 0 Å². The Labute approximate surface area is 112 Å². The number of halogens is 1. The van der Waals surface area contributed by atoms with Crippen LogP contribution in [0.4, 0.5) is 0 Å². The van der Waals surface area contributed by atoms with Crippen LogP contribution in [0.3, 0.4) is 0 Å². The maximum atomic E-state index is 10.5. The van der Waals surface area contributed by atoms with E-state index in [-0.39, 0.29) is 6.42 Å². The summed E-state index contributed by atoms with van der Waals surface area (Å²) < 4.78 is 2.46. The van der Waals surface area contributed by atoms with E-state index in [2.05, 4.69) is 32.9 Å². The van der Waals surface area contributed by atoms with E-state index in [1.54, 1.807) is 4.68 Å². The molecule has 0 aliphatic heterocycles. The lowest BCUT2D eigenvalue weighted by Gasteiger charge is -2.00. The van der Waals surface area contributed by atoms with Crippen molar-refractivity contribution in [1.29, 1.82) is 0 Å². The quantitative estimate of drug-likeness (QED) is 0.863. The van der Waals surface area contributed by atoms with Crippen molar-refractivity contribution in [3.05, 3.63) is 34.0 Å². The van der Waals surface area contributed by atoms with Gasteiger partial charge in [-0.25, -0.2) is 4.68 Å². The Balaban J connectivity index is 2.24. The molecular weight excluding hydrogens is 333 g/mol. The molecule has 2 rings (SSSR count). The molecule has 5 nitrogen and oxygen atoms in total. The standard InChI is InChI=1S/C11H10IN3O2/c12-11-10(8-4-2-1-3-5-8)13-14-15(11)7-6-9(16)17/h1-5H,6-7H2,(H,16,17). The van der Waals surface area contributed by atoms with Gasteiger partial charge in [0.15, 0.2) is 0 Å². The molecule has 88 valence electrons. The number of nitrogens with zero attached hydrogens (tertiary/aromatic N) is 3. The highest BCUT2D eigenvalue weighted by atomic mass is 127. The molecule has 0 aliphatic carbocycles. The summed E-state index contributed by atoms with van der Waals surface area (Å²) in [7, 11) is 0. The molecule has 0 radical (unpaired) electrons. The van der Waals surface area contributed by atoms with Crippen LogP contribution in [0.25, 0.3) is 11.3 Å². The topological polar surface area (TPSA) is 68.0 Å². The van der Waals surface area contributed by atoms with E-state index < -0.39 is 5.97 Å². The van der Waals surface area contributed by atoms with Crippen LogP contribution >= 0.6 is 22.6 Å². The van der Waals surface area contributed by atoms with Gasteiger partial charge < -0.3 is 5.11 Å². The largest absolute Gasteiger partial charge is 0.481 e. The molecule has 0 spiro atoms. The maximum absolute atomic E-state index is 10.5. The smallest absolute Gasteiger partial charge is 0.305 e. The molecule has 0 fully saturated rings. The van der Waals surface area contributed by atoms with E-state index >= 15 is 0 Å². The van der Waals surface area contributed by atoms with Crippen LogP contribution in [0, 0.1) is 3.70 Å². The molecule has 1 N–H and O–H groups in total. The molecule has 0 bridgehead atoms. The molecule has 17 heavy (non-hydrogen) atoms. The zero-order valence-corrected chi connectivity index (χ0v) is 11.0. The third-order valence-corrected chi connectivity index (χ3v) is 3.33. The minimum Gasteiger partial charge on any atom is -0.481 e. The van der Waals surface area contributed by atoms with Crippen molar-refractivity contribution in [2.75, 3.05) is 0 Å². The number of carboxylic acid groups (broad SMARTS) is 1. The number of hydrogen-bond donors (Lipinski definition) is 1. The van der Waals surface area contributed by atoms with Gasteiger partial charge in [0.25, 0.3) is 0 Å². The molecule has 0 unspecified atom stereocenters. The van der Waals surface area contributed by atoms with Crippen molar-refractivity contribution in [2.45, 2.75) is 13.0 Å². The number of aryl methyl sites for hydroxylation is 1. The van der Waals surface area contributed by atoms with E-state index in [9.17, 15) is 4.79 Å². The molecule has 1 heterocycles. The van der Waals surface area contributed by atoms with E-state index in [0.717, 1.165) is 15.0 Å². The third-order valence-electron chi connectivity index (χ3n) is 2.26. The molecule has 2 aromatic rings.